The maximum absolute atomic E-state index is 12.2. The number of amides is 1. The van der Waals surface area contributed by atoms with Gasteiger partial charge < -0.3 is 14.4 Å². The number of aromatic nitrogens is 2. The van der Waals surface area contributed by atoms with Gasteiger partial charge in [0.2, 0.25) is 0 Å². The highest BCUT2D eigenvalue weighted by molar-refractivity contribution is 7.90. The number of hydrogen-bond donors (Lipinski definition) is 0. The molecule has 8 nitrogen and oxygen atoms in total. The molecule has 1 aliphatic rings. The van der Waals surface area contributed by atoms with Crippen molar-refractivity contribution < 1.29 is 22.7 Å². The highest BCUT2D eigenvalue weighted by Gasteiger charge is 2.28. The van der Waals surface area contributed by atoms with E-state index in [0.29, 0.717) is 24.8 Å². The number of sulfone groups is 1. The van der Waals surface area contributed by atoms with Crippen LogP contribution >= 0.6 is 11.3 Å². The standard InChI is InChI=1S/C20H27N3O5S2/c1-20(2,3)28-19(24)23-9-7-14(8-10-23)18-22-15(13-29-18)12-27-16-5-6-17(21-11-16)30(4,25)26/h5-6,11,13-14H,7-10,12H2,1-4H3. The minimum absolute atomic E-state index is 0.0171. The molecule has 0 bridgehead atoms. The smallest absolute Gasteiger partial charge is 0.410 e. The fraction of sp³-hybridized carbons (Fsp3) is 0.550. The van der Waals surface area contributed by atoms with E-state index in [1.165, 1.54) is 12.3 Å². The fourth-order valence-electron chi connectivity index (χ4n) is 3.04. The number of carbonyl (C=O) groups excluding carboxylic acids is 1. The zero-order valence-corrected chi connectivity index (χ0v) is 19.3. The molecule has 0 aromatic carbocycles. The van der Waals surface area contributed by atoms with Gasteiger partial charge >= 0.3 is 6.09 Å². The Morgan fingerprint density at radius 1 is 1.27 bits per heavy atom. The van der Waals surface area contributed by atoms with Crippen molar-refractivity contribution in [2.45, 2.75) is 56.8 Å². The molecule has 0 atom stereocenters. The number of rotatable bonds is 5. The number of piperidine rings is 1. The quantitative estimate of drug-likeness (QED) is 0.681. The van der Waals surface area contributed by atoms with Crippen LogP contribution in [0.4, 0.5) is 4.79 Å². The topological polar surface area (TPSA) is 98.7 Å². The van der Waals surface area contributed by atoms with Gasteiger partial charge in [-0.25, -0.2) is 23.2 Å². The van der Waals surface area contributed by atoms with E-state index in [-0.39, 0.29) is 17.7 Å². The lowest BCUT2D eigenvalue weighted by Crippen LogP contribution is -2.41. The third-order valence-electron chi connectivity index (χ3n) is 4.54. The van der Waals surface area contributed by atoms with Crippen LogP contribution < -0.4 is 4.74 Å². The highest BCUT2D eigenvalue weighted by atomic mass is 32.2. The molecule has 0 spiro atoms. The van der Waals surface area contributed by atoms with Crippen LogP contribution in [0.5, 0.6) is 5.75 Å². The molecule has 0 saturated carbocycles. The van der Waals surface area contributed by atoms with Crippen LogP contribution in [-0.4, -0.2) is 54.3 Å². The monoisotopic (exact) mass is 453 g/mol. The number of carbonyl (C=O) groups is 1. The van der Waals surface area contributed by atoms with Gasteiger partial charge in [-0.05, 0) is 45.7 Å². The summed E-state index contributed by atoms with van der Waals surface area (Å²) in [7, 11) is -3.32. The lowest BCUT2D eigenvalue weighted by atomic mass is 9.98. The number of pyridine rings is 1. The summed E-state index contributed by atoms with van der Waals surface area (Å²) in [5.41, 5.74) is 0.329. The zero-order valence-electron chi connectivity index (χ0n) is 17.6. The fourth-order valence-corrected chi connectivity index (χ4v) is 4.58. The third-order valence-corrected chi connectivity index (χ3v) is 6.60. The van der Waals surface area contributed by atoms with Gasteiger partial charge in [0.05, 0.1) is 16.9 Å². The first-order valence-electron chi connectivity index (χ1n) is 9.72. The van der Waals surface area contributed by atoms with Crippen molar-refractivity contribution in [3.8, 4) is 5.75 Å². The molecular formula is C20H27N3O5S2. The van der Waals surface area contributed by atoms with Crippen molar-refractivity contribution in [2.75, 3.05) is 19.3 Å². The second-order valence-corrected chi connectivity index (χ2v) is 11.2. The summed E-state index contributed by atoms with van der Waals surface area (Å²) in [6, 6.07) is 3.01. The Morgan fingerprint density at radius 2 is 1.97 bits per heavy atom. The summed E-state index contributed by atoms with van der Waals surface area (Å²) >= 11 is 1.60. The van der Waals surface area contributed by atoms with Crippen LogP contribution in [0.3, 0.4) is 0 Å². The van der Waals surface area contributed by atoms with E-state index in [1.807, 2.05) is 26.2 Å². The van der Waals surface area contributed by atoms with Gasteiger partial charge in [-0.15, -0.1) is 11.3 Å². The Bertz CT molecular complexity index is 973. The normalized spacial score (nSPS) is 15.8. The first kappa shape index (κ1) is 22.5. The van der Waals surface area contributed by atoms with E-state index in [1.54, 1.807) is 22.3 Å². The Hall–Kier alpha value is -2.20. The first-order valence-corrected chi connectivity index (χ1v) is 12.5. The van der Waals surface area contributed by atoms with E-state index < -0.39 is 15.4 Å². The molecule has 2 aromatic rings. The minimum atomic E-state index is -3.32. The predicted octanol–water partition coefficient (Wildman–Crippen LogP) is 3.64. The Balaban J connectivity index is 1.50. The van der Waals surface area contributed by atoms with Gasteiger partial charge in [0, 0.05) is 30.6 Å². The van der Waals surface area contributed by atoms with E-state index in [2.05, 4.69) is 9.97 Å². The van der Waals surface area contributed by atoms with Crippen LogP contribution in [-0.2, 0) is 21.2 Å². The molecule has 3 heterocycles. The van der Waals surface area contributed by atoms with E-state index >= 15 is 0 Å². The predicted molar refractivity (Wildman–Crippen MR) is 114 cm³/mol. The van der Waals surface area contributed by atoms with Crippen molar-refractivity contribution in [1.29, 1.82) is 0 Å². The molecule has 10 heteroatoms. The second kappa shape index (κ2) is 8.89. The third kappa shape index (κ3) is 6.15. The Labute approximate surface area is 181 Å². The highest BCUT2D eigenvalue weighted by Crippen LogP contribution is 2.31. The molecule has 30 heavy (non-hydrogen) atoms. The maximum atomic E-state index is 12.2. The second-order valence-electron chi connectivity index (χ2n) is 8.31. The number of nitrogens with zero attached hydrogens (tertiary/aromatic N) is 3. The minimum Gasteiger partial charge on any atom is -0.486 e. The van der Waals surface area contributed by atoms with Gasteiger partial charge in [0.1, 0.15) is 18.0 Å². The van der Waals surface area contributed by atoms with Crippen molar-refractivity contribution in [3.05, 3.63) is 34.4 Å². The van der Waals surface area contributed by atoms with Crippen molar-refractivity contribution >= 4 is 27.3 Å². The number of likely N-dealkylation sites (tertiary alicyclic amines) is 1. The van der Waals surface area contributed by atoms with Crippen LogP contribution in [0.1, 0.15) is 50.2 Å². The van der Waals surface area contributed by atoms with Crippen molar-refractivity contribution in [2.24, 2.45) is 0 Å². The average molecular weight is 454 g/mol. The molecular weight excluding hydrogens is 426 g/mol. The summed E-state index contributed by atoms with van der Waals surface area (Å²) in [5, 5.41) is 3.03. The van der Waals surface area contributed by atoms with E-state index in [4.69, 9.17) is 9.47 Å². The summed E-state index contributed by atoms with van der Waals surface area (Å²) < 4.78 is 34.0. The molecule has 0 N–H and O–H groups in total. The summed E-state index contributed by atoms with van der Waals surface area (Å²) in [6.07, 6.45) is 3.96. The summed E-state index contributed by atoms with van der Waals surface area (Å²) in [6.45, 7) is 7.20. The molecule has 0 unspecified atom stereocenters. The molecule has 2 aromatic heterocycles. The first-order chi connectivity index (χ1) is 14.0. The number of hydrogen-bond acceptors (Lipinski definition) is 8. The van der Waals surface area contributed by atoms with Crippen LogP contribution in [0.15, 0.2) is 28.7 Å². The number of ether oxygens (including phenoxy) is 2. The number of thiazole rings is 1. The van der Waals surface area contributed by atoms with Crippen LogP contribution in [0.25, 0.3) is 0 Å². The zero-order chi connectivity index (χ0) is 21.9. The summed E-state index contributed by atoms with van der Waals surface area (Å²) in [4.78, 5) is 22.5. The summed E-state index contributed by atoms with van der Waals surface area (Å²) in [5.74, 6) is 0.806. The molecule has 0 aliphatic carbocycles. The molecule has 164 valence electrons. The lowest BCUT2D eigenvalue weighted by Gasteiger charge is -2.32. The molecule has 3 rings (SSSR count). The SMILES string of the molecule is CC(C)(C)OC(=O)N1CCC(c2nc(COc3ccc(S(C)(=O)=O)nc3)cs2)CC1. The van der Waals surface area contributed by atoms with E-state index in [0.717, 1.165) is 29.8 Å². The molecule has 1 saturated heterocycles. The lowest BCUT2D eigenvalue weighted by molar-refractivity contribution is 0.0204. The van der Waals surface area contributed by atoms with Gasteiger partial charge in [-0.3, -0.25) is 0 Å². The molecule has 1 aliphatic heterocycles. The molecule has 0 radical (unpaired) electrons. The Morgan fingerprint density at radius 3 is 2.53 bits per heavy atom. The molecule has 1 amide bonds. The van der Waals surface area contributed by atoms with Crippen molar-refractivity contribution in [3.63, 3.8) is 0 Å². The van der Waals surface area contributed by atoms with Gasteiger partial charge in [0.15, 0.2) is 14.9 Å². The maximum Gasteiger partial charge on any atom is 0.410 e. The van der Waals surface area contributed by atoms with Crippen LogP contribution in [0, 0.1) is 0 Å². The van der Waals surface area contributed by atoms with E-state index in [9.17, 15) is 13.2 Å². The largest absolute Gasteiger partial charge is 0.486 e. The van der Waals surface area contributed by atoms with Crippen molar-refractivity contribution in [1.82, 2.24) is 14.9 Å². The molecule has 1 fully saturated rings. The average Bonchev–Trinajstić information content (AvgIpc) is 3.14. The van der Waals surface area contributed by atoms with Crippen LogP contribution in [0.2, 0.25) is 0 Å². The van der Waals surface area contributed by atoms with Gasteiger partial charge in [-0.2, -0.15) is 0 Å². The Kier molecular flexibility index (Phi) is 6.66. The van der Waals surface area contributed by atoms with Gasteiger partial charge in [0.25, 0.3) is 0 Å². The van der Waals surface area contributed by atoms with Gasteiger partial charge in [-0.1, -0.05) is 0 Å².